The quantitative estimate of drug-likeness (QED) is 0.0328. The second-order valence-electron chi connectivity index (χ2n) is 49.6. The van der Waals surface area contributed by atoms with Gasteiger partial charge in [-0.15, -0.1) is 0 Å². The number of hydrogen-bond donors (Lipinski definition) is 13. The minimum absolute atomic E-state index is 0.0480. The predicted molar refractivity (Wildman–Crippen MR) is 535 cm³/mol. The number of urea groups is 3. The maximum atomic E-state index is 14.4. The van der Waals surface area contributed by atoms with Crippen molar-refractivity contribution in [3.05, 3.63) is 66.0 Å². The molecule has 37 nitrogen and oxygen atoms in total. The Morgan fingerprint density at radius 1 is 0.399 bits per heavy atom. The molecule has 4 heterocycles. The molecule has 4 saturated heterocycles. The molecule has 18 atom stereocenters. The van der Waals surface area contributed by atoms with Crippen molar-refractivity contribution in [3.63, 3.8) is 0 Å². The molecule has 18 amide bonds. The van der Waals surface area contributed by atoms with E-state index in [-0.39, 0.29) is 105 Å². The molecule has 0 radical (unpaired) electrons. The van der Waals surface area contributed by atoms with Crippen molar-refractivity contribution in [2.24, 2.45) is 120 Å². The van der Waals surface area contributed by atoms with Gasteiger partial charge in [0.05, 0.1) is 18.1 Å². The van der Waals surface area contributed by atoms with Crippen LogP contribution in [0.3, 0.4) is 0 Å². The molecule has 6 saturated carbocycles. The zero-order chi connectivity index (χ0) is 107. The summed E-state index contributed by atoms with van der Waals surface area (Å²) in [5.74, 6) is -9.65. The average Bonchev–Trinajstić information content (AvgIpc) is 1.53. The van der Waals surface area contributed by atoms with Crippen molar-refractivity contribution < 1.29 is 90.7 Å². The van der Waals surface area contributed by atoms with Crippen LogP contribution in [0.25, 0.3) is 0 Å². The van der Waals surface area contributed by atoms with Gasteiger partial charge < -0.3 is 99.8 Å². The lowest BCUT2D eigenvalue weighted by atomic mass is 9.80. The molecule has 3 unspecified atom stereocenters. The molecule has 10 fully saturated rings. The first-order chi connectivity index (χ1) is 66.0. The van der Waals surface area contributed by atoms with Crippen molar-refractivity contribution in [3.8, 4) is 0 Å². The number of anilines is 1. The first-order valence-corrected chi connectivity index (χ1v) is 51.0. The molecule has 16 N–H and O–H groups in total. The number of piperidine rings is 3. The maximum Gasteiger partial charge on any atom is 0.316 e. The van der Waals surface area contributed by atoms with Crippen molar-refractivity contribution in [2.75, 3.05) is 57.8 Å². The van der Waals surface area contributed by atoms with Crippen LogP contribution in [0.15, 0.2) is 54.6 Å². The van der Waals surface area contributed by atoms with Crippen LogP contribution in [0, 0.1) is 108 Å². The van der Waals surface area contributed by atoms with Crippen LogP contribution in [-0.4, -0.2) is 262 Å². The number of nitrogens with two attached hydrogens (primary N) is 3. The lowest BCUT2D eigenvalue weighted by molar-refractivity contribution is -0.145. The number of Topliss-reactive ketones (excluding diaryl/α,β-unsaturated/α-hetero) is 3. The molecule has 38 heteroatoms. The Morgan fingerprint density at radius 3 is 1.01 bits per heavy atom. The molecule has 143 heavy (non-hydrogen) atoms. The van der Waals surface area contributed by atoms with Gasteiger partial charge in [-0.1, -0.05) is 235 Å². The highest BCUT2D eigenvalue weighted by Gasteiger charge is 2.73. The summed E-state index contributed by atoms with van der Waals surface area (Å²) in [6.07, 6.45) is 7.47. The van der Waals surface area contributed by atoms with Gasteiger partial charge in [-0.3, -0.25) is 71.9 Å². The fraction of sp³-hybridized carbons (Fsp3) is 0.714. The lowest BCUT2D eigenvalue weighted by Crippen LogP contribution is -2.63. The lowest BCUT2D eigenvalue weighted by Gasteiger charge is -2.39. The number of carbonyl (C=O) groups excluding carboxylic acids is 18. The van der Waals surface area contributed by atoms with Crippen molar-refractivity contribution in [1.82, 2.24) is 77.7 Å². The molecule has 0 spiro atoms. The molecule has 792 valence electrons. The number of piperazine rings is 1. The van der Waals surface area contributed by atoms with Crippen LogP contribution < -0.4 is 75.3 Å². The Labute approximate surface area is 842 Å². The predicted octanol–water partition coefficient (Wildman–Crippen LogP) is 6.48. The summed E-state index contributed by atoms with van der Waals surface area (Å²) in [6.45, 7) is 50.3. The van der Waals surface area contributed by atoms with Crippen LogP contribution in [-0.2, 0) is 78.5 Å². The maximum absolute atomic E-state index is 14.4. The summed E-state index contributed by atoms with van der Waals surface area (Å²) in [5, 5.41) is 28.0. The topological polar surface area (TPSA) is 525 Å². The zero-order valence-corrected chi connectivity index (χ0v) is 88.8. The summed E-state index contributed by atoms with van der Waals surface area (Å²) in [7, 11) is 1.69. The number of fused-ring (bicyclic) bond motifs is 3. The van der Waals surface area contributed by atoms with E-state index in [1.165, 1.54) is 26.8 Å². The fourth-order valence-electron chi connectivity index (χ4n) is 21.6. The molecule has 10 aliphatic rings. The normalized spacial score (nSPS) is 24.0. The van der Waals surface area contributed by atoms with E-state index in [9.17, 15) is 90.7 Å². The Hall–Kier alpha value is -11.4. The Balaban J connectivity index is 0.000000221. The van der Waals surface area contributed by atoms with Crippen LogP contribution in [0.2, 0.25) is 0 Å². The number of nitrogens with zero attached hydrogens (tertiary/aromatic N) is 6. The number of halogens is 1. The fourth-order valence-corrected chi connectivity index (χ4v) is 21.6. The third kappa shape index (κ3) is 27.4. The third-order valence-electron chi connectivity index (χ3n) is 31.3. The van der Waals surface area contributed by atoms with E-state index in [1.54, 1.807) is 29.0 Å². The number of rotatable bonds is 35. The SMILES string of the molecule is CC(C)NC(=O)[C@@H](NC(=O)N[C@H](C(=O)N1C[C@H]2[C@@H]([C@H]1C(=O)NC(CC1CC1)C(=O)C(N)=O)C2(C)C)C(C)(C)C)C(C)(C)C.CC(C)[C@H](NC(=O)N[C@H](C(=O)N1C[C@H]2[C@@H]([C@H]1C(=O)NC(CC1CC1)C(=O)C(N)=O)C2(C)C)C(C)(C)C)C(=O)N1CCN(c2ccc(F)cc2)CC1.CN(Cc1ccccc1)C(=O)[C@@H](NC(=O)N[C@H](C(=O)N1C[C@H]2[C@@H]([C@H]1C(=O)NC(CC1CCC1)C(=O)C(N)=O)C2(C)C)C(C)(C)C)C(C)(C)C. The average molecular weight is 2000 g/mol. The summed E-state index contributed by atoms with van der Waals surface area (Å²) >= 11 is 0. The summed E-state index contributed by atoms with van der Waals surface area (Å²) in [5.41, 5.74) is 13.6. The van der Waals surface area contributed by atoms with Crippen molar-refractivity contribution >= 4 is 112 Å². The van der Waals surface area contributed by atoms with Crippen LogP contribution in [0.1, 0.15) is 243 Å². The highest BCUT2D eigenvalue weighted by molar-refractivity contribution is 6.39. The molecule has 2 aromatic rings. The van der Waals surface area contributed by atoms with Gasteiger partial charge >= 0.3 is 18.1 Å². The van der Waals surface area contributed by atoms with Gasteiger partial charge in [0.15, 0.2) is 0 Å². The third-order valence-corrected chi connectivity index (χ3v) is 31.3. The smallest absolute Gasteiger partial charge is 0.316 e. The van der Waals surface area contributed by atoms with E-state index in [1.807, 2.05) is 190 Å². The number of primary amides is 3. The van der Waals surface area contributed by atoms with Gasteiger partial charge in [-0.2, -0.15) is 0 Å². The minimum atomic E-state index is -1.11. The number of amides is 18. The number of likely N-dealkylation sites (tertiary alicyclic amines) is 3. The zero-order valence-electron chi connectivity index (χ0n) is 88.8. The standard InChI is InChI=1S/C37H54FN7O6.C37H56N6O6.C31H52N6O6/c1-20(2)27(33(49)44-16-14-43(15-17-44)23-12-10-22(38)11-13-23)41-35(51)42-30(36(3,4)5)34(50)45-19-24-26(37(24,6)7)28(45)32(48)40-25(18-21-8-9-21)29(46)31(39)47;1-35(2,3)28(32(47)42(9)19-22-14-11-10-12-15-22)40-34(49)41-29(36(4,5)6)33(48)43-20-23-25(37(23,7)8)26(43)31(46)39-24(27(44)30(38)45)18-21-16-13-17-21;1-15(2)33-26(41)22(29(3,4)5)35-28(43)36-23(30(6,7)8)27(42)37-14-17-19(31(17,9)10)20(37)25(40)34-18(13-16-11-12-16)21(38)24(32)39/h10-13,20-21,24-28,30H,8-9,14-19H2,1-7H3,(H2,39,47)(H,40,48)(H2,41,42,51);10-12,14-15,21,23-26,28-29H,13,16-20H2,1-9H3,(H2,38,45)(H,39,46)(H2,40,41,49);15-20,22-23H,11-14H2,1-10H3,(H2,32,39)(H,33,41)(H,34,40)(H2,35,36,43)/t24-,25?,26-,27-,28-,30+;23-,24?,25-,26-,28+,29+;17-,18?,19-,20-,22+,23+/m000/s1. The summed E-state index contributed by atoms with van der Waals surface area (Å²) in [4.78, 5) is 249. The van der Waals surface area contributed by atoms with E-state index in [2.05, 4.69) is 71.9 Å². The first kappa shape index (κ1) is 114. The van der Waals surface area contributed by atoms with E-state index < -0.39 is 188 Å². The first-order valence-electron chi connectivity index (χ1n) is 51.0. The van der Waals surface area contributed by atoms with Gasteiger partial charge in [0.2, 0.25) is 70.5 Å². The Bertz CT molecular complexity index is 5110. The number of likely N-dealkylation sites (N-methyl/N-ethyl adjacent to an activating group) is 1. The van der Waals surface area contributed by atoms with Gasteiger partial charge in [-0.25, -0.2) is 18.8 Å². The Kier molecular flexibility index (Phi) is 34.9. The van der Waals surface area contributed by atoms with Gasteiger partial charge in [0.1, 0.15) is 60.2 Å². The molecule has 2 aromatic carbocycles. The van der Waals surface area contributed by atoms with Crippen molar-refractivity contribution in [1.29, 1.82) is 0 Å². The molecule has 6 aliphatic carbocycles. The highest BCUT2D eigenvalue weighted by atomic mass is 19.1. The van der Waals surface area contributed by atoms with Crippen LogP contribution in [0.5, 0.6) is 0 Å². The van der Waals surface area contributed by atoms with Gasteiger partial charge in [0, 0.05) is 71.1 Å². The monoisotopic (exact) mass is 2000 g/mol. The van der Waals surface area contributed by atoms with Crippen molar-refractivity contribution in [2.45, 2.75) is 322 Å². The number of nitrogens with one attached hydrogen (secondary N) is 10. The van der Waals surface area contributed by atoms with Gasteiger partial charge in [0.25, 0.3) is 17.7 Å². The minimum Gasteiger partial charge on any atom is -0.368 e. The second-order valence-corrected chi connectivity index (χ2v) is 49.6. The summed E-state index contributed by atoms with van der Waals surface area (Å²) in [6, 6.07) is 2.10. The number of carbonyl (C=O) groups is 18. The van der Waals surface area contributed by atoms with E-state index in [0.717, 1.165) is 56.2 Å². The number of benzene rings is 2. The molecular weight excluding hydrogens is 1830 g/mol. The molecule has 0 aromatic heterocycles. The molecule has 12 rings (SSSR count). The van der Waals surface area contributed by atoms with Gasteiger partial charge in [-0.05, 0) is 165 Å². The second kappa shape index (κ2) is 43.9. The molecule has 0 bridgehead atoms. The van der Waals surface area contributed by atoms with Crippen LogP contribution in [0.4, 0.5) is 24.5 Å². The number of hydrogen-bond acceptors (Lipinski definition) is 19. The molecular formula is C105H162FN19O18. The van der Waals surface area contributed by atoms with E-state index in [0.29, 0.717) is 71.6 Å². The largest absolute Gasteiger partial charge is 0.368 e. The number of ketones is 3. The summed E-state index contributed by atoms with van der Waals surface area (Å²) < 4.78 is 13.4. The van der Waals surface area contributed by atoms with E-state index in [4.69, 9.17) is 17.2 Å². The van der Waals surface area contributed by atoms with E-state index >= 15 is 0 Å². The van der Waals surface area contributed by atoms with Crippen LogP contribution >= 0.6 is 0 Å². The highest BCUT2D eigenvalue weighted by Crippen LogP contribution is 2.67. The molecule has 4 aliphatic heterocycles. The Morgan fingerprint density at radius 2 is 0.713 bits per heavy atom.